The van der Waals surface area contributed by atoms with Crippen molar-refractivity contribution in [3.8, 4) is 0 Å². The molecule has 2 N–H and O–H groups in total. The minimum Gasteiger partial charge on any atom is -0.349 e. The quantitative estimate of drug-likeness (QED) is 0.881. The number of aromatic amines is 1. The molecule has 3 rings (SSSR count). The first-order valence-electron chi connectivity index (χ1n) is 6.92. The number of aromatic nitrogens is 2. The Kier molecular flexibility index (Phi) is 3.67. The molecule has 1 aromatic heterocycles. The van der Waals surface area contributed by atoms with Crippen molar-refractivity contribution in [3.63, 3.8) is 0 Å². The summed E-state index contributed by atoms with van der Waals surface area (Å²) in [7, 11) is -2.92. The lowest BCUT2D eigenvalue weighted by Gasteiger charge is -2.07. The van der Waals surface area contributed by atoms with Gasteiger partial charge in [-0.1, -0.05) is 12.1 Å². The van der Waals surface area contributed by atoms with Crippen LogP contribution in [0.4, 0.5) is 0 Å². The number of amides is 1. The second-order valence-corrected chi connectivity index (χ2v) is 7.68. The maximum atomic E-state index is 11.9. The van der Waals surface area contributed by atoms with Crippen LogP contribution < -0.4 is 5.32 Å². The number of carbonyl (C=O) groups is 1. The van der Waals surface area contributed by atoms with E-state index in [0.29, 0.717) is 18.8 Å². The molecule has 2 aromatic rings. The molecule has 1 aromatic carbocycles. The first-order chi connectivity index (χ1) is 10.0. The largest absolute Gasteiger partial charge is 0.349 e. The summed E-state index contributed by atoms with van der Waals surface area (Å²) in [5, 5.41) is 2.79. The van der Waals surface area contributed by atoms with E-state index in [1.807, 2.05) is 24.3 Å². The van der Waals surface area contributed by atoms with Gasteiger partial charge in [0, 0.05) is 6.42 Å². The van der Waals surface area contributed by atoms with E-state index in [4.69, 9.17) is 0 Å². The van der Waals surface area contributed by atoms with Crippen LogP contribution in [-0.4, -0.2) is 35.8 Å². The molecule has 1 fully saturated rings. The van der Waals surface area contributed by atoms with E-state index >= 15 is 0 Å². The highest BCUT2D eigenvalue weighted by molar-refractivity contribution is 7.91. The van der Waals surface area contributed by atoms with Crippen molar-refractivity contribution in [2.75, 3.05) is 11.5 Å². The third-order valence-electron chi connectivity index (χ3n) is 3.69. The molecule has 0 aliphatic carbocycles. The van der Waals surface area contributed by atoms with Crippen LogP contribution in [0.3, 0.4) is 0 Å². The fourth-order valence-corrected chi connectivity index (χ4v) is 4.50. The number of benzene rings is 1. The summed E-state index contributed by atoms with van der Waals surface area (Å²) in [5.41, 5.74) is 1.80. The Balaban J connectivity index is 1.54. The summed E-state index contributed by atoms with van der Waals surface area (Å²) in [6.07, 6.45) is 0.847. The van der Waals surface area contributed by atoms with Crippen molar-refractivity contribution in [1.29, 1.82) is 0 Å². The number of nitrogens with one attached hydrogen (secondary N) is 2. The minimum absolute atomic E-state index is 0.0503. The Morgan fingerprint density at radius 1 is 1.38 bits per heavy atom. The Morgan fingerprint density at radius 3 is 2.90 bits per heavy atom. The van der Waals surface area contributed by atoms with Crippen LogP contribution in [0.1, 0.15) is 18.7 Å². The third-order valence-corrected chi connectivity index (χ3v) is 5.53. The number of hydrogen-bond acceptors (Lipinski definition) is 4. The van der Waals surface area contributed by atoms with E-state index in [1.165, 1.54) is 0 Å². The van der Waals surface area contributed by atoms with Crippen LogP contribution in [0.2, 0.25) is 0 Å². The van der Waals surface area contributed by atoms with Gasteiger partial charge in [0.2, 0.25) is 5.91 Å². The first kappa shape index (κ1) is 14.1. The van der Waals surface area contributed by atoms with E-state index in [-0.39, 0.29) is 29.8 Å². The van der Waals surface area contributed by atoms with Crippen LogP contribution in [0.5, 0.6) is 0 Å². The van der Waals surface area contributed by atoms with Gasteiger partial charge in [-0.15, -0.1) is 0 Å². The zero-order valence-corrected chi connectivity index (χ0v) is 12.3. The topological polar surface area (TPSA) is 91.9 Å². The van der Waals surface area contributed by atoms with Gasteiger partial charge in [-0.3, -0.25) is 4.79 Å². The summed E-state index contributed by atoms with van der Waals surface area (Å²) in [6.45, 7) is 0.326. The van der Waals surface area contributed by atoms with E-state index in [0.717, 1.165) is 11.0 Å². The lowest BCUT2D eigenvalue weighted by atomic mass is 10.1. The molecule has 1 aliphatic heterocycles. The fourth-order valence-electron chi connectivity index (χ4n) is 2.64. The normalized spacial score (nSPS) is 20.7. The number of imidazole rings is 1. The molecule has 2 heterocycles. The summed E-state index contributed by atoms with van der Waals surface area (Å²) in [6, 6.07) is 7.66. The maximum Gasteiger partial charge on any atom is 0.220 e. The molecule has 0 radical (unpaired) electrons. The van der Waals surface area contributed by atoms with Crippen molar-refractivity contribution in [2.45, 2.75) is 19.4 Å². The van der Waals surface area contributed by atoms with Crippen molar-refractivity contribution in [1.82, 2.24) is 15.3 Å². The number of hydrogen-bond donors (Lipinski definition) is 2. The second-order valence-electron chi connectivity index (χ2n) is 5.45. The summed E-state index contributed by atoms with van der Waals surface area (Å²) in [4.78, 5) is 19.4. The summed E-state index contributed by atoms with van der Waals surface area (Å²) >= 11 is 0. The van der Waals surface area contributed by atoms with Crippen LogP contribution in [-0.2, 0) is 21.2 Å². The van der Waals surface area contributed by atoms with E-state index < -0.39 is 9.84 Å². The molecule has 0 saturated carbocycles. The second kappa shape index (κ2) is 5.48. The first-order valence-corrected chi connectivity index (χ1v) is 8.75. The van der Waals surface area contributed by atoms with E-state index in [9.17, 15) is 13.2 Å². The number of rotatable bonds is 4. The van der Waals surface area contributed by atoms with Crippen LogP contribution in [0.25, 0.3) is 11.0 Å². The van der Waals surface area contributed by atoms with Gasteiger partial charge in [0.1, 0.15) is 5.82 Å². The predicted molar refractivity (Wildman–Crippen MR) is 79.3 cm³/mol. The maximum absolute atomic E-state index is 11.9. The number of carbonyl (C=O) groups excluding carboxylic acids is 1. The van der Waals surface area contributed by atoms with Crippen molar-refractivity contribution in [2.24, 2.45) is 5.92 Å². The number of nitrogens with zero attached hydrogens (tertiary/aromatic N) is 1. The van der Waals surface area contributed by atoms with Gasteiger partial charge >= 0.3 is 0 Å². The Morgan fingerprint density at radius 2 is 2.19 bits per heavy atom. The van der Waals surface area contributed by atoms with Crippen molar-refractivity contribution < 1.29 is 13.2 Å². The molecule has 1 unspecified atom stereocenters. The number of para-hydroxylation sites is 2. The monoisotopic (exact) mass is 307 g/mol. The predicted octanol–water partition coefficient (Wildman–Crippen LogP) is 1.00. The zero-order chi connectivity index (χ0) is 14.9. The lowest BCUT2D eigenvalue weighted by Crippen LogP contribution is -2.26. The molecule has 0 spiro atoms. The molecular weight excluding hydrogens is 290 g/mol. The summed E-state index contributed by atoms with van der Waals surface area (Å²) < 4.78 is 22.7. The molecule has 6 nitrogen and oxygen atoms in total. The van der Waals surface area contributed by atoms with Crippen LogP contribution in [0, 0.1) is 5.92 Å². The fraction of sp³-hybridized carbons (Fsp3) is 0.429. The van der Waals surface area contributed by atoms with Gasteiger partial charge in [0.15, 0.2) is 9.84 Å². The average Bonchev–Trinajstić information content (AvgIpc) is 2.99. The molecule has 1 saturated heterocycles. The number of H-pyrrole nitrogens is 1. The smallest absolute Gasteiger partial charge is 0.220 e. The molecule has 21 heavy (non-hydrogen) atoms. The van der Waals surface area contributed by atoms with E-state index in [2.05, 4.69) is 15.3 Å². The standard InChI is InChI=1S/C14H17N3O3S/c18-14(7-10-5-6-21(19,20)9-10)15-8-13-16-11-3-1-2-4-12(11)17-13/h1-4,10H,5-9H2,(H,15,18)(H,16,17). The van der Waals surface area contributed by atoms with Crippen LogP contribution >= 0.6 is 0 Å². The van der Waals surface area contributed by atoms with Crippen LogP contribution in [0.15, 0.2) is 24.3 Å². The average molecular weight is 307 g/mol. The SMILES string of the molecule is O=C(CC1CCS(=O)(=O)C1)NCc1nc2ccccc2[nH]1. The molecule has 1 atom stereocenters. The van der Waals surface area contributed by atoms with Gasteiger partial charge in [-0.05, 0) is 24.5 Å². The third kappa shape index (κ3) is 3.41. The van der Waals surface area contributed by atoms with Gasteiger partial charge in [-0.25, -0.2) is 13.4 Å². The van der Waals surface area contributed by atoms with Crippen molar-refractivity contribution in [3.05, 3.63) is 30.1 Å². The van der Waals surface area contributed by atoms with Gasteiger partial charge in [0.05, 0.1) is 29.1 Å². The molecule has 1 aliphatic rings. The van der Waals surface area contributed by atoms with Gasteiger partial charge in [0.25, 0.3) is 0 Å². The Hall–Kier alpha value is -1.89. The molecule has 112 valence electrons. The molecule has 7 heteroatoms. The summed E-state index contributed by atoms with van der Waals surface area (Å²) in [5.74, 6) is 0.853. The highest BCUT2D eigenvalue weighted by Gasteiger charge is 2.29. The van der Waals surface area contributed by atoms with Crippen molar-refractivity contribution >= 4 is 26.8 Å². The Bertz CT molecular complexity index is 734. The molecule has 0 bridgehead atoms. The number of sulfone groups is 1. The lowest BCUT2D eigenvalue weighted by molar-refractivity contribution is -0.122. The highest BCUT2D eigenvalue weighted by Crippen LogP contribution is 2.21. The Labute approximate surface area is 122 Å². The van der Waals surface area contributed by atoms with Gasteiger partial charge in [-0.2, -0.15) is 0 Å². The minimum atomic E-state index is -2.92. The van der Waals surface area contributed by atoms with Gasteiger partial charge < -0.3 is 10.3 Å². The number of fused-ring (bicyclic) bond motifs is 1. The molecule has 1 amide bonds. The van der Waals surface area contributed by atoms with E-state index in [1.54, 1.807) is 0 Å². The molecular formula is C14H17N3O3S. The zero-order valence-electron chi connectivity index (χ0n) is 11.5. The highest BCUT2D eigenvalue weighted by atomic mass is 32.2.